The molecule has 0 spiro atoms. The van der Waals surface area contributed by atoms with Crippen LogP contribution in [0.25, 0.3) is 0 Å². The molecule has 2 heterocycles. The first kappa shape index (κ1) is 20.5. The maximum absolute atomic E-state index is 5.36. The zero-order chi connectivity index (χ0) is 19.8. The summed E-state index contributed by atoms with van der Waals surface area (Å²) >= 11 is 1.75. The molecule has 152 valence electrons. The summed E-state index contributed by atoms with van der Waals surface area (Å²) in [7, 11) is 1.71. The number of ether oxygens (including phenoxy) is 1. The smallest absolute Gasteiger partial charge is 0.194 e. The van der Waals surface area contributed by atoms with E-state index in [0.717, 1.165) is 69.5 Å². The molecule has 6 nitrogen and oxygen atoms in total. The molecule has 0 bridgehead atoms. The van der Waals surface area contributed by atoms with E-state index in [1.165, 1.54) is 10.7 Å². The van der Waals surface area contributed by atoms with E-state index in [2.05, 4.69) is 50.6 Å². The van der Waals surface area contributed by atoms with Gasteiger partial charge in [-0.05, 0) is 32.4 Å². The Hall–Kier alpha value is -2.28. The molecule has 0 amide bonds. The molecule has 1 aliphatic heterocycles. The van der Waals surface area contributed by atoms with Crippen LogP contribution in [0, 0.1) is 6.92 Å². The fourth-order valence-corrected chi connectivity index (χ4v) is 4.16. The Labute approximate surface area is 172 Å². The monoisotopic (exact) mass is 401 g/mol. The average Bonchev–Trinajstić information content (AvgIpc) is 3.15. The predicted molar refractivity (Wildman–Crippen MR) is 118 cm³/mol. The van der Waals surface area contributed by atoms with Crippen molar-refractivity contribution in [2.24, 2.45) is 4.99 Å². The number of methoxy groups -OCH3 is 1. The van der Waals surface area contributed by atoms with E-state index in [1.54, 1.807) is 18.4 Å². The van der Waals surface area contributed by atoms with Gasteiger partial charge in [-0.1, -0.05) is 6.07 Å². The Morgan fingerprint density at radius 1 is 1.29 bits per heavy atom. The summed E-state index contributed by atoms with van der Waals surface area (Å²) in [5.74, 6) is 1.94. The summed E-state index contributed by atoms with van der Waals surface area (Å²) in [4.78, 5) is 14.2. The highest BCUT2D eigenvalue weighted by Crippen LogP contribution is 2.22. The van der Waals surface area contributed by atoms with Crippen molar-refractivity contribution in [3.8, 4) is 5.75 Å². The zero-order valence-electron chi connectivity index (χ0n) is 17.1. The van der Waals surface area contributed by atoms with E-state index in [-0.39, 0.29) is 0 Å². The summed E-state index contributed by atoms with van der Waals surface area (Å²) in [5, 5.41) is 6.78. The highest BCUT2D eigenvalue weighted by Gasteiger charge is 2.20. The second-order valence-electron chi connectivity index (χ2n) is 6.90. The van der Waals surface area contributed by atoms with Crippen molar-refractivity contribution in [2.75, 3.05) is 51.3 Å². The maximum Gasteiger partial charge on any atom is 0.194 e. The van der Waals surface area contributed by atoms with Crippen LogP contribution in [-0.2, 0) is 6.42 Å². The summed E-state index contributed by atoms with van der Waals surface area (Å²) in [5.41, 5.74) is 2.34. The molecular formula is C21H31N5OS. The molecule has 2 aromatic rings. The van der Waals surface area contributed by atoms with Gasteiger partial charge in [0.05, 0.1) is 12.1 Å². The zero-order valence-corrected chi connectivity index (χ0v) is 18.0. The topological polar surface area (TPSA) is 53.0 Å². The molecule has 0 atom stereocenters. The van der Waals surface area contributed by atoms with Crippen LogP contribution in [-0.4, -0.2) is 62.2 Å². The van der Waals surface area contributed by atoms with Gasteiger partial charge < -0.3 is 19.9 Å². The van der Waals surface area contributed by atoms with Crippen LogP contribution in [0.2, 0.25) is 0 Å². The summed E-state index contributed by atoms with van der Waals surface area (Å²) in [6.07, 6.45) is 2.04. The molecule has 3 rings (SSSR count). The van der Waals surface area contributed by atoms with E-state index in [4.69, 9.17) is 9.73 Å². The highest BCUT2D eigenvalue weighted by molar-refractivity contribution is 7.09. The number of rotatable bonds is 7. The molecule has 1 N–H and O–H groups in total. The van der Waals surface area contributed by atoms with Gasteiger partial charge in [0.1, 0.15) is 5.75 Å². The fraction of sp³-hybridized carbons (Fsp3) is 0.524. The largest absolute Gasteiger partial charge is 0.497 e. The number of piperazine rings is 1. The van der Waals surface area contributed by atoms with Crippen LogP contribution < -0.4 is 15.0 Å². The number of benzene rings is 1. The van der Waals surface area contributed by atoms with Crippen molar-refractivity contribution >= 4 is 23.0 Å². The van der Waals surface area contributed by atoms with Crippen LogP contribution in [0.3, 0.4) is 0 Å². The van der Waals surface area contributed by atoms with Gasteiger partial charge in [-0.2, -0.15) is 0 Å². The average molecular weight is 402 g/mol. The molecule has 28 heavy (non-hydrogen) atoms. The molecule has 0 radical (unpaired) electrons. The second-order valence-corrected chi connectivity index (χ2v) is 7.84. The number of aromatic nitrogens is 1. The molecule has 1 aromatic carbocycles. The Balaban J connectivity index is 1.51. The summed E-state index contributed by atoms with van der Waals surface area (Å²) in [6.45, 7) is 9.79. The van der Waals surface area contributed by atoms with E-state index >= 15 is 0 Å². The molecule has 1 saturated heterocycles. The molecule has 0 unspecified atom stereocenters. The molecule has 0 saturated carbocycles. The van der Waals surface area contributed by atoms with Gasteiger partial charge >= 0.3 is 0 Å². The molecule has 0 aliphatic carbocycles. The minimum atomic E-state index is 0.830. The summed E-state index contributed by atoms with van der Waals surface area (Å²) < 4.78 is 5.36. The normalized spacial score (nSPS) is 15.0. The van der Waals surface area contributed by atoms with Gasteiger partial charge in [0.25, 0.3) is 0 Å². The number of nitrogens with one attached hydrogen (secondary N) is 1. The van der Waals surface area contributed by atoms with Crippen LogP contribution in [0.1, 0.15) is 24.0 Å². The fourth-order valence-electron chi connectivity index (χ4n) is 3.34. The first-order chi connectivity index (χ1) is 13.7. The van der Waals surface area contributed by atoms with E-state index in [0.29, 0.717) is 0 Å². The lowest BCUT2D eigenvalue weighted by molar-refractivity contribution is 0.372. The lowest BCUT2D eigenvalue weighted by Crippen LogP contribution is -2.52. The Morgan fingerprint density at radius 3 is 2.79 bits per heavy atom. The van der Waals surface area contributed by atoms with Crippen molar-refractivity contribution < 1.29 is 4.74 Å². The molecule has 7 heteroatoms. The molecule has 1 fully saturated rings. The first-order valence-electron chi connectivity index (χ1n) is 10.0. The van der Waals surface area contributed by atoms with E-state index < -0.39 is 0 Å². The number of nitrogens with zero attached hydrogens (tertiary/aromatic N) is 4. The Bertz CT molecular complexity index is 768. The third-order valence-corrected chi connectivity index (χ3v) is 5.84. The third kappa shape index (κ3) is 5.61. The van der Waals surface area contributed by atoms with Crippen molar-refractivity contribution in [3.05, 3.63) is 40.3 Å². The number of guanidine groups is 1. The maximum atomic E-state index is 5.36. The minimum Gasteiger partial charge on any atom is -0.497 e. The van der Waals surface area contributed by atoms with Gasteiger partial charge in [-0.3, -0.25) is 4.99 Å². The number of aliphatic imine (C=N–C) groups is 1. The number of hydrogen-bond acceptors (Lipinski definition) is 5. The highest BCUT2D eigenvalue weighted by atomic mass is 32.1. The van der Waals surface area contributed by atoms with Crippen LogP contribution in [0.4, 0.5) is 5.69 Å². The predicted octanol–water partition coefficient (Wildman–Crippen LogP) is 3.18. The summed E-state index contributed by atoms with van der Waals surface area (Å²) in [6, 6.07) is 8.30. The number of anilines is 1. The van der Waals surface area contributed by atoms with Gasteiger partial charge in [-0.15, -0.1) is 11.3 Å². The van der Waals surface area contributed by atoms with Crippen molar-refractivity contribution in [2.45, 2.75) is 26.7 Å². The van der Waals surface area contributed by atoms with Gasteiger partial charge in [0.15, 0.2) is 5.96 Å². The molecule has 1 aliphatic rings. The van der Waals surface area contributed by atoms with Crippen molar-refractivity contribution in [1.29, 1.82) is 0 Å². The van der Waals surface area contributed by atoms with Crippen molar-refractivity contribution in [1.82, 2.24) is 15.2 Å². The number of aryl methyl sites for hydroxylation is 2. The third-order valence-electron chi connectivity index (χ3n) is 4.81. The second kappa shape index (κ2) is 10.3. The van der Waals surface area contributed by atoms with Gasteiger partial charge in [0, 0.05) is 68.5 Å². The lowest BCUT2D eigenvalue weighted by Gasteiger charge is -2.37. The van der Waals surface area contributed by atoms with E-state index in [9.17, 15) is 0 Å². The van der Waals surface area contributed by atoms with Crippen LogP contribution in [0.5, 0.6) is 5.75 Å². The van der Waals surface area contributed by atoms with Gasteiger partial charge in [0.2, 0.25) is 0 Å². The standard InChI is InChI=1S/C21H31N5OS/c1-4-22-21(23-10-6-9-20-24-17(2)16-28-20)26-13-11-25(12-14-26)18-7-5-8-19(15-18)27-3/h5,7-8,15-16H,4,6,9-14H2,1-3H3,(H,22,23). The Morgan fingerprint density at radius 2 is 2.11 bits per heavy atom. The molecule has 1 aromatic heterocycles. The first-order valence-corrected chi connectivity index (χ1v) is 10.9. The SMILES string of the molecule is CCNC(=NCCCc1nc(C)cs1)N1CCN(c2cccc(OC)c2)CC1. The minimum absolute atomic E-state index is 0.830. The van der Waals surface area contributed by atoms with Crippen molar-refractivity contribution in [3.63, 3.8) is 0 Å². The van der Waals surface area contributed by atoms with Crippen LogP contribution >= 0.6 is 11.3 Å². The Kier molecular flexibility index (Phi) is 7.54. The number of hydrogen-bond donors (Lipinski definition) is 1. The lowest BCUT2D eigenvalue weighted by atomic mass is 10.2. The molecular weight excluding hydrogens is 370 g/mol. The quantitative estimate of drug-likeness (QED) is 0.439. The van der Waals surface area contributed by atoms with E-state index in [1.807, 2.05) is 13.0 Å². The number of thiazole rings is 1. The van der Waals surface area contributed by atoms with Gasteiger partial charge in [-0.25, -0.2) is 4.98 Å². The van der Waals surface area contributed by atoms with Crippen LogP contribution in [0.15, 0.2) is 34.6 Å².